The first-order valence-corrected chi connectivity index (χ1v) is 15.5. The molecular formula is C35H35N5O3S. The van der Waals surface area contributed by atoms with E-state index in [9.17, 15) is 9.59 Å². The van der Waals surface area contributed by atoms with Crippen LogP contribution in [0.3, 0.4) is 0 Å². The van der Waals surface area contributed by atoms with Crippen LogP contribution in [0.5, 0.6) is 0 Å². The lowest BCUT2D eigenvalue weighted by Crippen LogP contribution is -2.38. The number of fused-ring (bicyclic) bond motifs is 1. The number of benzene rings is 3. The summed E-state index contributed by atoms with van der Waals surface area (Å²) in [5.74, 6) is 0.592. The molecule has 0 saturated heterocycles. The quantitative estimate of drug-likeness (QED) is 0.210. The number of hydrogen-bond acceptors (Lipinski definition) is 6. The normalized spacial score (nSPS) is 12.7. The van der Waals surface area contributed by atoms with Crippen molar-refractivity contribution in [3.8, 4) is 22.5 Å². The van der Waals surface area contributed by atoms with Gasteiger partial charge in [-0.3, -0.25) is 18.9 Å². The van der Waals surface area contributed by atoms with E-state index in [-0.39, 0.29) is 5.56 Å². The average Bonchev–Trinajstić information content (AvgIpc) is 3.49. The van der Waals surface area contributed by atoms with E-state index in [0.29, 0.717) is 24.4 Å². The van der Waals surface area contributed by atoms with Gasteiger partial charge in [0.15, 0.2) is 5.82 Å². The number of nitrogens with zero attached hydrogens (tertiary/aromatic N) is 4. The maximum Gasteiger partial charge on any atom is 0.439 e. The smallest absolute Gasteiger partial charge is 0.361 e. The lowest BCUT2D eigenvalue weighted by molar-refractivity contribution is 0.388. The number of unbranched alkanes of at least 4 members (excludes halogenated alkanes) is 1. The molecule has 5 aromatic rings. The Morgan fingerprint density at radius 2 is 1.70 bits per heavy atom. The topological polar surface area (TPSA) is 97.0 Å². The van der Waals surface area contributed by atoms with Crippen molar-refractivity contribution in [2.75, 3.05) is 6.54 Å². The molecule has 3 heterocycles. The van der Waals surface area contributed by atoms with Crippen molar-refractivity contribution < 1.29 is 4.52 Å². The van der Waals surface area contributed by atoms with Gasteiger partial charge in [0, 0.05) is 42.8 Å². The van der Waals surface area contributed by atoms with Crippen LogP contribution in [0.2, 0.25) is 0 Å². The van der Waals surface area contributed by atoms with Crippen molar-refractivity contribution in [3.63, 3.8) is 0 Å². The highest BCUT2D eigenvalue weighted by Crippen LogP contribution is 2.30. The van der Waals surface area contributed by atoms with Crippen molar-refractivity contribution in [1.82, 2.24) is 24.6 Å². The lowest BCUT2D eigenvalue weighted by atomic mass is 9.98. The first-order chi connectivity index (χ1) is 21.4. The van der Waals surface area contributed by atoms with Crippen LogP contribution in [0, 0.1) is 6.92 Å². The zero-order chi connectivity index (χ0) is 30.6. The van der Waals surface area contributed by atoms with Gasteiger partial charge in [0.2, 0.25) is 0 Å². The van der Waals surface area contributed by atoms with E-state index in [1.165, 1.54) is 11.1 Å². The third-order valence-corrected chi connectivity index (χ3v) is 8.74. The van der Waals surface area contributed by atoms with Gasteiger partial charge >= 0.3 is 5.76 Å². The molecule has 0 atom stereocenters. The number of rotatable bonds is 9. The molecule has 0 bridgehead atoms. The van der Waals surface area contributed by atoms with Crippen molar-refractivity contribution >= 4 is 17.2 Å². The van der Waals surface area contributed by atoms with Crippen LogP contribution in [0.4, 0.5) is 0 Å². The average molecular weight is 606 g/mol. The van der Waals surface area contributed by atoms with E-state index in [2.05, 4.69) is 46.2 Å². The Morgan fingerprint density at radius 1 is 0.977 bits per heavy atom. The Bertz CT molecular complexity index is 1920. The van der Waals surface area contributed by atoms with Gasteiger partial charge < -0.3 is 4.90 Å². The minimum absolute atomic E-state index is 0.0206. The molecule has 1 aliphatic heterocycles. The highest BCUT2D eigenvalue weighted by atomic mass is 32.1. The Balaban J connectivity index is 1.27. The number of hydrogen-bond donors (Lipinski definition) is 1. The van der Waals surface area contributed by atoms with E-state index in [4.69, 9.17) is 21.7 Å². The Kier molecular flexibility index (Phi) is 8.65. The highest BCUT2D eigenvalue weighted by Gasteiger charge is 2.22. The fourth-order valence-electron chi connectivity index (χ4n) is 5.88. The fourth-order valence-corrected chi connectivity index (χ4v) is 6.18. The molecule has 2 aromatic heterocycles. The number of aromatic nitrogens is 4. The SMILES string of the molecule is CCCCc1nc(C)c(CC(=S)N2CCc3ccccc3C2)c(=O)n1Cc1ccc(-c2ccccc2-c2noc(=O)[nH]2)cc1. The largest absolute Gasteiger partial charge is 0.439 e. The maximum absolute atomic E-state index is 14.1. The monoisotopic (exact) mass is 605 g/mol. The molecule has 0 aliphatic carbocycles. The number of aryl methyl sites for hydroxylation is 2. The second kappa shape index (κ2) is 12.9. The number of thiocarbonyl (C=S) groups is 1. The summed E-state index contributed by atoms with van der Waals surface area (Å²) in [6.45, 7) is 6.11. The minimum atomic E-state index is -0.595. The van der Waals surface area contributed by atoms with Crippen LogP contribution in [-0.2, 0) is 32.4 Å². The molecule has 6 rings (SSSR count). The van der Waals surface area contributed by atoms with Gasteiger partial charge in [0.05, 0.1) is 11.5 Å². The summed E-state index contributed by atoms with van der Waals surface area (Å²) in [4.78, 5) is 36.2. The predicted molar refractivity (Wildman–Crippen MR) is 176 cm³/mol. The number of H-pyrrole nitrogens is 1. The second-order valence-corrected chi connectivity index (χ2v) is 11.8. The van der Waals surface area contributed by atoms with Crippen molar-refractivity contribution in [2.24, 2.45) is 0 Å². The molecule has 8 nitrogen and oxygen atoms in total. The van der Waals surface area contributed by atoms with Crippen LogP contribution in [0.15, 0.2) is 86.9 Å². The maximum atomic E-state index is 14.1. The third-order valence-electron chi connectivity index (χ3n) is 8.34. The van der Waals surface area contributed by atoms with Crippen LogP contribution >= 0.6 is 12.2 Å². The van der Waals surface area contributed by atoms with E-state index >= 15 is 0 Å². The van der Waals surface area contributed by atoms with Gasteiger partial charge in [-0.05, 0) is 47.6 Å². The molecule has 0 radical (unpaired) electrons. The van der Waals surface area contributed by atoms with Crippen molar-refractivity contribution in [3.05, 3.63) is 127 Å². The first-order valence-electron chi connectivity index (χ1n) is 15.1. The minimum Gasteiger partial charge on any atom is -0.361 e. The number of aromatic amines is 1. The van der Waals surface area contributed by atoms with Crippen LogP contribution in [0.1, 0.15) is 53.5 Å². The Hall–Kier alpha value is -4.63. The zero-order valence-corrected chi connectivity index (χ0v) is 25.8. The van der Waals surface area contributed by atoms with Gasteiger partial charge in [0.1, 0.15) is 5.82 Å². The first kappa shape index (κ1) is 29.4. The standard InChI is InChI=1S/C35H35N5O3S/c1-3-4-13-31-36-23(2)30(20-32(44)39-19-18-25-9-5-6-10-27(25)22-39)34(41)40(31)21-24-14-16-26(17-15-24)28-11-7-8-12-29(28)33-37-35(42)43-38-33/h5-12,14-17H,3-4,13,18-22H2,1-2H3,(H,37,38,42). The zero-order valence-electron chi connectivity index (χ0n) is 25.0. The molecule has 1 aliphatic rings. The van der Waals surface area contributed by atoms with Crippen LogP contribution in [-0.4, -0.2) is 36.1 Å². The van der Waals surface area contributed by atoms with Crippen LogP contribution < -0.4 is 11.3 Å². The van der Waals surface area contributed by atoms with Gasteiger partial charge in [-0.2, -0.15) is 0 Å². The van der Waals surface area contributed by atoms with Gasteiger partial charge in [-0.25, -0.2) is 9.78 Å². The molecule has 9 heteroatoms. The lowest BCUT2D eigenvalue weighted by Gasteiger charge is -2.31. The van der Waals surface area contributed by atoms with E-state index < -0.39 is 5.76 Å². The summed E-state index contributed by atoms with van der Waals surface area (Å²) < 4.78 is 6.55. The molecule has 0 saturated carbocycles. The van der Waals surface area contributed by atoms with E-state index in [1.54, 1.807) is 0 Å². The van der Waals surface area contributed by atoms with Crippen molar-refractivity contribution in [1.29, 1.82) is 0 Å². The van der Waals surface area contributed by atoms with Gasteiger partial charge in [-0.15, -0.1) is 0 Å². The molecule has 1 N–H and O–H groups in total. The Morgan fingerprint density at radius 3 is 2.43 bits per heavy atom. The molecule has 44 heavy (non-hydrogen) atoms. The highest BCUT2D eigenvalue weighted by molar-refractivity contribution is 7.80. The fraction of sp³-hybridized carbons (Fsp3) is 0.286. The summed E-state index contributed by atoms with van der Waals surface area (Å²) in [6.07, 6.45) is 4.06. The summed E-state index contributed by atoms with van der Waals surface area (Å²) in [6, 6.07) is 24.3. The number of nitrogens with one attached hydrogen (secondary N) is 1. The predicted octanol–water partition coefficient (Wildman–Crippen LogP) is 5.88. The third kappa shape index (κ3) is 6.19. The van der Waals surface area contributed by atoms with E-state index in [0.717, 1.165) is 77.5 Å². The summed E-state index contributed by atoms with van der Waals surface area (Å²) >= 11 is 5.91. The second-order valence-electron chi connectivity index (χ2n) is 11.3. The molecule has 0 spiro atoms. The van der Waals surface area contributed by atoms with Crippen molar-refractivity contribution in [2.45, 2.75) is 59.0 Å². The molecule has 224 valence electrons. The summed E-state index contributed by atoms with van der Waals surface area (Å²) in [5.41, 5.74) is 7.71. The molecule has 0 amide bonds. The van der Waals surface area contributed by atoms with E-state index in [1.807, 2.05) is 60.0 Å². The molecule has 3 aromatic carbocycles. The molecule has 0 fully saturated rings. The molecule has 0 unspecified atom stereocenters. The molecular weight excluding hydrogens is 570 g/mol. The van der Waals surface area contributed by atoms with Crippen LogP contribution in [0.25, 0.3) is 22.5 Å². The summed E-state index contributed by atoms with van der Waals surface area (Å²) in [5, 5.41) is 3.86. The summed E-state index contributed by atoms with van der Waals surface area (Å²) in [7, 11) is 0. The Labute approximate surface area is 261 Å². The van der Waals surface area contributed by atoms with Gasteiger partial charge in [0.25, 0.3) is 5.56 Å². The van der Waals surface area contributed by atoms with Gasteiger partial charge in [-0.1, -0.05) is 104 Å².